The number of rotatable bonds is 4. The second-order valence-corrected chi connectivity index (χ2v) is 5.92. The molecule has 1 fully saturated rings. The predicted molar refractivity (Wildman–Crippen MR) is 77.3 cm³/mol. The number of hydrogen-bond donors (Lipinski definition) is 1. The van der Waals surface area contributed by atoms with Crippen molar-refractivity contribution in [1.29, 1.82) is 0 Å². The normalized spacial score (nSPS) is 25.3. The maximum Gasteiger partial charge on any atom is 0.128 e. The van der Waals surface area contributed by atoms with E-state index < -0.39 is 0 Å². The van der Waals surface area contributed by atoms with Gasteiger partial charge in [-0.05, 0) is 30.5 Å². The first kappa shape index (κ1) is 14.1. The summed E-state index contributed by atoms with van der Waals surface area (Å²) in [5.74, 6) is 0.929. The van der Waals surface area contributed by atoms with Crippen LogP contribution < -0.4 is 10.5 Å². The fourth-order valence-corrected chi connectivity index (χ4v) is 3.11. The van der Waals surface area contributed by atoms with Gasteiger partial charge < -0.3 is 19.9 Å². The Morgan fingerprint density at radius 3 is 3.00 bits per heavy atom. The number of nitrogens with two attached hydrogens (primary N) is 1. The van der Waals surface area contributed by atoms with Crippen molar-refractivity contribution in [3.05, 3.63) is 28.3 Å². The average molecular weight is 298 g/mol. The van der Waals surface area contributed by atoms with E-state index in [1.807, 2.05) is 12.1 Å². The molecule has 2 N–H and O–H groups in total. The zero-order valence-corrected chi connectivity index (χ0v) is 12.2. The van der Waals surface area contributed by atoms with Crippen LogP contribution >= 0.6 is 11.6 Å². The second-order valence-electron chi connectivity index (χ2n) is 5.48. The van der Waals surface area contributed by atoms with E-state index in [1.165, 1.54) is 0 Å². The Morgan fingerprint density at radius 1 is 1.35 bits per heavy atom. The van der Waals surface area contributed by atoms with Crippen LogP contribution in [0.4, 0.5) is 0 Å². The van der Waals surface area contributed by atoms with Crippen molar-refractivity contribution in [3.63, 3.8) is 0 Å². The first-order valence-corrected chi connectivity index (χ1v) is 7.46. The van der Waals surface area contributed by atoms with Gasteiger partial charge in [0.1, 0.15) is 11.4 Å². The highest BCUT2D eigenvalue weighted by molar-refractivity contribution is 6.30. The minimum atomic E-state index is -0.369. The molecule has 0 aliphatic carbocycles. The molecule has 2 heterocycles. The SMILES string of the molecule is NCC1(OCc2cc(Cl)cc3c2OCC3)CCCOC1. The van der Waals surface area contributed by atoms with Crippen LogP contribution in [-0.2, 0) is 22.5 Å². The summed E-state index contributed by atoms with van der Waals surface area (Å²) in [6, 6.07) is 3.88. The van der Waals surface area contributed by atoms with Gasteiger partial charge in [-0.3, -0.25) is 0 Å². The summed E-state index contributed by atoms with van der Waals surface area (Å²) < 4.78 is 17.3. The first-order valence-electron chi connectivity index (χ1n) is 7.08. The Morgan fingerprint density at radius 2 is 2.25 bits per heavy atom. The smallest absolute Gasteiger partial charge is 0.128 e. The molecule has 4 nitrogen and oxygen atoms in total. The summed E-state index contributed by atoms with van der Waals surface area (Å²) in [7, 11) is 0. The number of ether oxygens (including phenoxy) is 3. The predicted octanol–water partition coefficient (Wildman–Crippen LogP) is 2.30. The summed E-state index contributed by atoms with van der Waals surface area (Å²) in [4.78, 5) is 0. The number of benzene rings is 1. The average Bonchev–Trinajstić information content (AvgIpc) is 2.94. The molecule has 0 saturated carbocycles. The highest BCUT2D eigenvalue weighted by Crippen LogP contribution is 2.34. The van der Waals surface area contributed by atoms with Crippen LogP contribution in [0.25, 0.3) is 0 Å². The minimum absolute atomic E-state index is 0.369. The quantitative estimate of drug-likeness (QED) is 0.926. The summed E-state index contributed by atoms with van der Waals surface area (Å²) in [6.07, 6.45) is 2.84. The van der Waals surface area contributed by atoms with E-state index in [0.717, 1.165) is 47.8 Å². The van der Waals surface area contributed by atoms with Gasteiger partial charge in [0.15, 0.2) is 0 Å². The van der Waals surface area contributed by atoms with Crippen LogP contribution in [0.1, 0.15) is 24.0 Å². The van der Waals surface area contributed by atoms with Crippen LogP contribution in [0.2, 0.25) is 5.02 Å². The molecule has 0 amide bonds. The van der Waals surface area contributed by atoms with Gasteiger partial charge in [0.25, 0.3) is 0 Å². The van der Waals surface area contributed by atoms with Crippen molar-refractivity contribution in [1.82, 2.24) is 0 Å². The zero-order valence-electron chi connectivity index (χ0n) is 11.5. The molecule has 5 heteroatoms. The zero-order chi connectivity index (χ0) is 14.0. The van der Waals surface area contributed by atoms with E-state index in [1.54, 1.807) is 0 Å². The molecule has 1 atom stereocenters. The van der Waals surface area contributed by atoms with Crippen molar-refractivity contribution in [2.75, 3.05) is 26.4 Å². The Bertz CT molecular complexity index is 486. The van der Waals surface area contributed by atoms with E-state index >= 15 is 0 Å². The Balaban J connectivity index is 1.75. The van der Waals surface area contributed by atoms with Gasteiger partial charge in [-0.15, -0.1) is 0 Å². The van der Waals surface area contributed by atoms with Crippen molar-refractivity contribution < 1.29 is 14.2 Å². The Kier molecular flexibility index (Phi) is 4.17. The van der Waals surface area contributed by atoms with Gasteiger partial charge in [-0.2, -0.15) is 0 Å². The van der Waals surface area contributed by atoms with Crippen molar-refractivity contribution in [3.8, 4) is 5.75 Å². The third-order valence-corrected chi connectivity index (χ3v) is 4.24. The lowest BCUT2D eigenvalue weighted by Crippen LogP contribution is -2.47. The molecule has 1 unspecified atom stereocenters. The molecular weight excluding hydrogens is 278 g/mol. The lowest BCUT2D eigenvalue weighted by atomic mass is 9.96. The third kappa shape index (κ3) is 2.79. The summed E-state index contributed by atoms with van der Waals surface area (Å²) in [5, 5.41) is 0.731. The Labute approximate surface area is 124 Å². The van der Waals surface area contributed by atoms with E-state index in [-0.39, 0.29) is 5.60 Å². The van der Waals surface area contributed by atoms with Gasteiger partial charge in [-0.25, -0.2) is 0 Å². The molecule has 3 rings (SSSR count). The fraction of sp³-hybridized carbons (Fsp3) is 0.600. The molecule has 1 aromatic carbocycles. The van der Waals surface area contributed by atoms with Gasteiger partial charge in [0.2, 0.25) is 0 Å². The fourth-order valence-electron chi connectivity index (χ4n) is 2.84. The molecule has 0 radical (unpaired) electrons. The van der Waals surface area contributed by atoms with Crippen LogP contribution in [0.3, 0.4) is 0 Å². The molecule has 0 bridgehead atoms. The first-order chi connectivity index (χ1) is 9.72. The van der Waals surface area contributed by atoms with E-state index in [2.05, 4.69) is 0 Å². The maximum atomic E-state index is 6.16. The standard InChI is InChI=1S/C15H20ClNO3/c16-13-6-11-2-5-19-14(11)12(7-13)8-20-15(9-17)3-1-4-18-10-15/h6-7H,1-5,8-10,17H2. The molecule has 1 aromatic rings. The van der Waals surface area contributed by atoms with Gasteiger partial charge in [0.05, 0.1) is 19.8 Å². The molecule has 0 spiro atoms. The third-order valence-electron chi connectivity index (χ3n) is 4.02. The molecular formula is C15H20ClNO3. The van der Waals surface area contributed by atoms with Crippen molar-refractivity contribution >= 4 is 11.6 Å². The monoisotopic (exact) mass is 297 g/mol. The molecule has 110 valence electrons. The van der Waals surface area contributed by atoms with E-state index in [9.17, 15) is 0 Å². The van der Waals surface area contributed by atoms with Gasteiger partial charge >= 0.3 is 0 Å². The highest BCUT2D eigenvalue weighted by Gasteiger charge is 2.33. The summed E-state index contributed by atoms with van der Waals surface area (Å²) in [5.41, 5.74) is 7.68. The number of hydrogen-bond acceptors (Lipinski definition) is 4. The molecule has 2 aliphatic heterocycles. The van der Waals surface area contributed by atoms with Crippen LogP contribution in [-0.4, -0.2) is 32.0 Å². The molecule has 0 aromatic heterocycles. The van der Waals surface area contributed by atoms with Gasteiger partial charge in [-0.1, -0.05) is 11.6 Å². The minimum Gasteiger partial charge on any atom is -0.493 e. The highest BCUT2D eigenvalue weighted by atomic mass is 35.5. The lowest BCUT2D eigenvalue weighted by molar-refractivity contribution is -0.130. The number of fused-ring (bicyclic) bond motifs is 1. The van der Waals surface area contributed by atoms with E-state index in [0.29, 0.717) is 26.4 Å². The van der Waals surface area contributed by atoms with Gasteiger partial charge in [0, 0.05) is 30.2 Å². The maximum absolute atomic E-state index is 6.16. The summed E-state index contributed by atoms with van der Waals surface area (Å²) >= 11 is 6.16. The second kappa shape index (κ2) is 5.90. The van der Waals surface area contributed by atoms with Crippen molar-refractivity contribution in [2.24, 2.45) is 5.73 Å². The van der Waals surface area contributed by atoms with Crippen molar-refractivity contribution in [2.45, 2.75) is 31.5 Å². The largest absolute Gasteiger partial charge is 0.493 e. The lowest BCUT2D eigenvalue weighted by Gasteiger charge is -2.36. The summed E-state index contributed by atoms with van der Waals surface area (Å²) in [6.45, 7) is 3.00. The topological polar surface area (TPSA) is 53.7 Å². The Hall–Kier alpha value is -0.810. The van der Waals surface area contributed by atoms with Crippen LogP contribution in [0.15, 0.2) is 12.1 Å². The molecule has 20 heavy (non-hydrogen) atoms. The van der Waals surface area contributed by atoms with Crippen LogP contribution in [0.5, 0.6) is 5.75 Å². The molecule has 1 saturated heterocycles. The number of halogens is 1. The molecule has 2 aliphatic rings. The van der Waals surface area contributed by atoms with Crippen LogP contribution in [0, 0.1) is 0 Å². The van der Waals surface area contributed by atoms with E-state index in [4.69, 9.17) is 31.5 Å².